The number of carbonyl (C=O) groups excluding carboxylic acids is 1. The molecule has 0 bridgehead atoms. The summed E-state index contributed by atoms with van der Waals surface area (Å²) >= 11 is 0. The van der Waals surface area contributed by atoms with Gasteiger partial charge >= 0.3 is 0 Å². The lowest BCUT2D eigenvalue weighted by Crippen LogP contribution is -2.61. The third-order valence-electron chi connectivity index (χ3n) is 2.79. The molecule has 16 heavy (non-hydrogen) atoms. The molecule has 0 aromatic rings. The number of sulfonamides is 1. The molecule has 1 rings (SSSR count). The smallest absolute Gasteiger partial charge is 0.264 e. The molecule has 1 atom stereocenters. The molecule has 7 nitrogen and oxygen atoms in total. The number of amides is 1. The Bertz CT molecular complexity index is 371. The van der Waals surface area contributed by atoms with Crippen LogP contribution in [0, 0.1) is 0 Å². The number of hydrogen-bond acceptors (Lipinski definition) is 5. The predicted molar refractivity (Wildman–Crippen MR) is 57.8 cm³/mol. The maximum absolute atomic E-state index is 11.2. The van der Waals surface area contributed by atoms with Crippen molar-refractivity contribution in [2.45, 2.75) is 12.6 Å². The van der Waals surface area contributed by atoms with Crippen molar-refractivity contribution >= 4 is 15.9 Å². The summed E-state index contributed by atoms with van der Waals surface area (Å²) in [4.78, 5) is 12.5. The average Bonchev–Trinajstić information content (AvgIpc) is 2.16. The van der Waals surface area contributed by atoms with Gasteiger partial charge in [-0.2, -0.15) is 4.31 Å². The largest absolute Gasteiger partial charge is 0.367 e. The topological polar surface area (TPSA) is 104 Å². The lowest BCUT2D eigenvalue weighted by Gasteiger charge is -2.40. The number of aliphatic hydroxyl groups is 1. The summed E-state index contributed by atoms with van der Waals surface area (Å²) in [7, 11) is -3.21. The molecule has 1 saturated heterocycles. The minimum Gasteiger partial charge on any atom is -0.367 e. The van der Waals surface area contributed by atoms with Gasteiger partial charge in [0.25, 0.3) is 5.91 Å². The predicted octanol–water partition coefficient (Wildman–Crippen LogP) is -2.24. The Hall–Kier alpha value is -0.700. The molecule has 0 spiro atoms. The first-order valence-corrected chi connectivity index (χ1v) is 6.73. The highest BCUT2D eigenvalue weighted by Crippen LogP contribution is 2.15. The minimum absolute atomic E-state index is 0.252. The fourth-order valence-electron chi connectivity index (χ4n) is 1.61. The van der Waals surface area contributed by atoms with Gasteiger partial charge in [-0.15, -0.1) is 0 Å². The van der Waals surface area contributed by atoms with Crippen LogP contribution in [0.2, 0.25) is 0 Å². The van der Waals surface area contributed by atoms with E-state index in [-0.39, 0.29) is 26.2 Å². The van der Waals surface area contributed by atoms with E-state index < -0.39 is 21.7 Å². The summed E-state index contributed by atoms with van der Waals surface area (Å²) in [5.74, 6) is -0.833. The first-order chi connectivity index (χ1) is 7.15. The van der Waals surface area contributed by atoms with Crippen LogP contribution in [-0.2, 0) is 14.8 Å². The van der Waals surface area contributed by atoms with Crippen LogP contribution in [0.25, 0.3) is 0 Å². The molecule has 1 amide bonds. The van der Waals surface area contributed by atoms with Gasteiger partial charge in [0.05, 0.1) is 6.26 Å². The molecule has 0 aromatic heterocycles. The molecular weight excluding hydrogens is 234 g/mol. The molecule has 0 aliphatic carbocycles. The van der Waals surface area contributed by atoms with E-state index in [1.165, 1.54) is 16.1 Å². The van der Waals surface area contributed by atoms with Gasteiger partial charge in [-0.3, -0.25) is 9.69 Å². The maximum atomic E-state index is 11.2. The Labute approximate surface area is 94.9 Å². The van der Waals surface area contributed by atoms with Gasteiger partial charge in [0.1, 0.15) is 0 Å². The second kappa shape index (κ2) is 4.28. The molecule has 8 heteroatoms. The van der Waals surface area contributed by atoms with Gasteiger partial charge in [0, 0.05) is 26.2 Å². The van der Waals surface area contributed by atoms with Crippen LogP contribution >= 0.6 is 0 Å². The summed E-state index contributed by atoms with van der Waals surface area (Å²) < 4.78 is 23.8. The standard InChI is InChI=1S/C8H17N3O4S/c1-8(13,7(9)12)10-3-5-11(6-4-10)16(2,14)15/h13H,3-6H2,1-2H3,(H2,9,12). The maximum Gasteiger partial charge on any atom is 0.264 e. The zero-order valence-corrected chi connectivity index (χ0v) is 10.2. The van der Waals surface area contributed by atoms with E-state index in [4.69, 9.17) is 5.73 Å². The lowest BCUT2D eigenvalue weighted by atomic mass is 10.2. The number of carbonyl (C=O) groups is 1. The van der Waals surface area contributed by atoms with Crippen LogP contribution in [0.3, 0.4) is 0 Å². The fourth-order valence-corrected chi connectivity index (χ4v) is 2.44. The van der Waals surface area contributed by atoms with Gasteiger partial charge in [-0.05, 0) is 6.92 Å². The quantitative estimate of drug-likeness (QED) is 0.590. The van der Waals surface area contributed by atoms with Crippen LogP contribution in [0.15, 0.2) is 0 Å². The van der Waals surface area contributed by atoms with Crippen LogP contribution in [0.5, 0.6) is 0 Å². The lowest BCUT2D eigenvalue weighted by molar-refractivity contribution is -0.158. The SMILES string of the molecule is CC(O)(C(N)=O)N1CCN(S(C)(=O)=O)CC1. The highest BCUT2D eigenvalue weighted by Gasteiger charge is 2.38. The Balaban J connectivity index is 2.66. The third-order valence-corrected chi connectivity index (χ3v) is 4.09. The van der Waals surface area contributed by atoms with Crippen molar-refractivity contribution < 1.29 is 18.3 Å². The number of hydrogen-bond donors (Lipinski definition) is 2. The van der Waals surface area contributed by atoms with Crippen molar-refractivity contribution in [3.8, 4) is 0 Å². The second-order valence-corrected chi connectivity index (χ2v) is 6.02. The van der Waals surface area contributed by atoms with E-state index in [2.05, 4.69) is 0 Å². The van der Waals surface area contributed by atoms with Crippen molar-refractivity contribution in [2.75, 3.05) is 32.4 Å². The first-order valence-electron chi connectivity index (χ1n) is 4.88. The highest BCUT2D eigenvalue weighted by atomic mass is 32.2. The second-order valence-electron chi connectivity index (χ2n) is 4.03. The molecule has 1 aliphatic heterocycles. The van der Waals surface area contributed by atoms with E-state index >= 15 is 0 Å². The van der Waals surface area contributed by atoms with Crippen molar-refractivity contribution in [2.24, 2.45) is 5.73 Å². The summed E-state index contributed by atoms with van der Waals surface area (Å²) in [5, 5.41) is 9.79. The fraction of sp³-hybridized carbons (Fsp3) is 0.875. The van der Waals surface area contributed by atoms with Crippen LogP contribution < -0.4 is 5.73 Å². The third kappa shape index (κ3) is 2.70. The average molecular weight is 251 g/mol. The Morgan fingerprint density at radius 1 is 1.31 bits per heavy atom. The molecular formula is C8H17N3O4S. The Morgan fingerprint density at radius 2 is 1.75 bits per heavy atom. The zero-order chi connectivity index (χ0) is 12.6. The first kappa shape index (κ1) is 13.4. The summed E-state index contributed by atoms with van der Waals surface area (Å²) in [6.45, 7) is 2.38. The summed E-state index contributed by atoms with van der Waals surface area (Å²) in [5.41, 5.74) is 3.34. The highest BCUT2D eigenvalue weighted by molar-refractivity contribution is 7.88. The molecule has 94 valence electrons. The number of rotatable bonds is 3. The normalized spacial score (nSPS) is 23.9. The van der Waals surface area contributed by atoms with E-state index in [1.807, 2.05) is 0 Å². The number of nitrogens with zero attached hydrogens (tertiary/aromatic N) is 2. The molecule has 1 aliphatic rings. The van der Waals surface area contributed by atoms with Gasteiger partial charge < -0.3 is 10.8 Å². The van der Waals surface area contributed by atoms with Gasteiger partial charge in [0.2, 0.25) is 10.0 Å². The minimum atomic E-state index is -3.21. The zero-order valence-electron chi connectivity index (χ0n) is 9.38. The molecule has 1 unspecified atom stereocenters. The Kier molecular flexibility index (Phi) is 3.58. The number of piperazine rings is 1. The number of nitrogens with two attached hydrogens (primary N) is 1. The van der Waals surface area contributed by atoms with E-state index in [1.54, 1.807) is 0 Å². The van der Waals surface area contributed by atoms with Gasteiger partial charge in [-0.25, -0.2) is 8.42 Å². The van der Waals surface area contributed by atoms with E-state index in [0.717, 1.165) is 6.26 Å². The van der Waals surface area contributed by atoms with Gasteiger partial charge in [0.15, 0.2) is 5.72 Å². The van der Waals surface area contributed by atoms with Crippen LogP contribution in [0.4, 0.5) is 0 Å². The molecule has 1 fully saturated rings. The summed E-state index contributed by atoms with van der Waals surface area (Å²) in [6.07, 6.45) is 1.13. The Morgan fingerprint density at radius 3 is 2.06 bits per heavy atom. The molecule has 0 saturated carbocycles. The van der Waals surface area contributed by atoms with Crippen molar-refractivity contribution in [1.29, 1.82) is 0 Å². The summed E-state index contributed by atoms with van der Waals surface area (Å²) in [6, 6.07) is 0. The molecule has 0 aromatic carbocycles. The van der Waals surface area contributed by atoms with Crippen molar-refractivity contribution in [3.63, 3.8) is 0 Å². The van der Waals surface area contributed by atoms with Crippen LogP contribution in [0.1, 0.15) is 6.92 Å². The van der Waals surface area contributed by atoms with Crippen molar-refractivity contribution in [1.82, 2.24) is 9.21 Å². The van der Waals surface area contributed by atoms with Crippen molar-refractivity contribution in [3.05, 3.63) is 0 Å². The molecule has 0 radical (unpaired) electrons. The van der Waals surface area contributed by atoms with Gasteiger partial charge in [-0.1, -0.05) is 0 Å². The molecule has 3 N–H and O–H groups in total. The molecule has 1 heterocycles. The van der Waals surface area contributed by atoms with E-state index in [9.17, 15) is 18.3 Å². The van der Waals surface area contributed by atoms with E-state index in [0.29, 0.717) is 0 Å². The number of primary amides is 1. The monoisotopic (exact) mass is 251 g/mol. The van der Waals surface area contributed by atoms with Crippen LogP contribution in [-0.4, -0.2) is 66.8 Å².